The number of aromatic hydroxyl groups is 2. The minimum atomic E-state index is -0.375. The first-order valence-corrected chi connectivity index (χ1v) is 4.97. The highest BCUT2D eigenvalue weighted by Crippen LogP contribution is 2.32. The number of rotatable bonds is 0. The van der Waals surface area contributed by atoms with E-state index in [9.17, 15) is 19.8 Å². The van der Waals surface area contributed by atoms with Gasteiger partial charge in [-0.05, 0) is 6.07 Å². The summed E-state index contributed by atoms with van der Waals surface area (Å²) in [6, 6.07) is 3.93. The van der Waals surface area contributed by atoms with Crippen molar-refractivity contribution in [2.45, 2.75) is 0 Å². The lowest BCUT2D eigenvalue weighted by atomic mass is 10.2. The number of hydrogen-bond donors (Lipinski definition) is 3. The maximum absolute atomic E-state index is 11.7. The maximum atomic E-state index is 11.7. The number of benzene rings is 1. The van der Waals surface area contributed by atoms with Crippen LogP contribution in [-0.4, -0.2) is 33.1 Å². The Morgan fingerprint density at radius 2 is 1.94 bits per heavy atom. The highest BCUT2D eigenvalue weighted by Gasteiger charge is 2.26. The molecule has 0 unspecified atom stereocenters. The molecule has 0 saturated heterocycles. The number of amides is 1. The van der Waals surface area contributed by atoms with Crippen LogP contribution in [0, 0.1) is 0 Å². The van der Waals surface area contributed by atoms with E-state index in [1.54, 1.807) is 0 Å². The van der Waals surface area contributed by atoms with Crippen LogP contribution >= 0.6 is 0 Å². The van der Waals surface area contributed by atoms with Gasteiger partial charge in [0.15, 0.2) is 0 Å². The zero-order chi connectivity index (χ0) is 12.2. The summed E-state index contributed by atoms with van der Waals surface area (Å²) < 4.78 is 1.20. The number of phenols is 2. The minimum absolute atomic E-state index is 0.0912. The standard InChI is InChI=1S/C11H8N2O4/c14-5-1-7-6(9(15)2-5)3-8-11(17)12-4-10(16)13(7)8/h1-3,14-15H,4H2,(H,12,17). The van der Waals surface area contributed by atoms with Gasteiger partial charge in [0, 0.05) is 17.5 Å². The first-order chi connectivity index (χ1) is 8.08. The highest BCUT2D eigenvalue weighted by atomic mass is 16.3. The Labute approximate surface area is 95.1 Å². The normalized spacial score (nSPS) is 14.8. The molecule has 86 valence electrons. The Hall–Kier alpha value is -2.50. The van der Waals surface area contributed by atoms with Crippen molar-refractivity contribution in [3.63, 3.8) is 0 Å². The van der Waals surface area contributed by atoms with Crippen LogP contribution in [0.2, 0.25) is 0 Å². The van der Waals surface area contributed by atoms with Crippen molar-refractivity contribution in [1.29, 1.82) is 0 Å². The van der Waals surface area contributed by atoms with E-state index in [1.807, 2.05) is 0 Å². The van der Waals surface area contributed by atoms with Crippen LogP contribution in [0.5, 0.6) is 11.5 Å². The van der Waals surface area contributed by atoms with Crippen LogP contribution in [0.15, 0.2) is 18.2 Å². The third-order valence-electron chi connectivity index (χ3n) is 2.77. The van der Waals surface area contributed by atoms with Gasteiger partial charge in [-0.1, -0.05) is 0 Å². The Morgan fingerprint density at radius 1 is 1.18 bits per heavy atom. The fraction of sp³-hybridized carbons (Fsp3) is 0.0909. The molecule has 3 N–H and O–H groups in total. The zero-order valence-corrected chi connectivity index (χ0v) is 8.60. The molecule has 0 atom stereocenters. The smallest absolute Gasteiger partial charge is 0.268 e. The SMILES string of the molecule is O=C1NCC(=O)n2c1cc1c(O)cc(O)cc12. The first-order valence-electron chi connectivity index (χ1n) is 4.97. The van der Waals surface area contributed by atoms with Gasteiger partial charge >= 0.3 is 0 Å². The lowest BCUT2D eigenvalue weighted by Crippen LogP contribution is -2.40. The molecule has 1 aliphatic rings. The van der Waals surface area contributed by atoms with Gasteiger partial charge in [-0.25, -0.2) is 0 Å². The van der Waals surface area contributed by atoms with E-state index in [0.29, 0.717) is 10.9 Å². The molecular weight excluding hydrogens is 224 g/mol. The topological polar surface area (TPSA) is 91.6 Å². The lowest BCUT2D eigenvalue weighted by molar-refractivity contribution is 0.0813. The largest absolute Gasteiger partial charge is 0.508 e. The van der Waals surface area contributed by atoms with Gasteiger partial charge in [0.2, 0.25) is 0 Å². The fourth-order valence-corrected chi connectivity index (χ4v) is 2.03. The minimum Gasteiger partial charge on any atom is -0.508 e. The summed E-state index contributed by atoms with van der Waals surface area (Å²) in [5.41, 5.74) is 0.495. The van der Waals surface area contributed by atoms with E-state index in [1.165, 1.54) is 16.7 Å². The van der Waals surface area contributed by atoms with Gasteiger partial charge in [-0.2, -0.15) is 0 Å². The summed E-state index contributed by atoms with van der Waals surface area (Å²) in [4.78, 5) is 23.3. The van der Waals surface area contributed by atoms with Gasteiger partial charge in [-0.15, -0.1) is 0 Å². The van der Waals surface area contributed by atoms with Crippen molar-refractivity contribution in [2.24, 2.45) is 0 Å². The average molecular weight is 232 g/mol. The molecule has 1 aromatic carbocycles. The number of nitrogens with one attached hydrogen (secondary N) is 1. The van der Waals surface area contributed by atoms with Crippen LogP contribution in [0.1, 0.15) is 15.3 Å². The molecule has 0 fully saturated rings. The van der Waals surface area contributed by atoms with Gasteiger partial charge < -0.3 is 15.5 Å². The molecule has 0 aliphatic carbocycles. The molecule has 2 heterocycles. The van der Waals surface area contributed by atoms with E-state index >= 15 is 0 Å². The quantitative estimate of drug-likeness (QED) is 0.614. The Bertz CT molecular complexity index is 672. The van der Waals surface area contributed by atoms with Crippen molar-refractivity contribution in [2.75, 3.05) is 6.54 Å². The van der Waals surface area contributed by atoms with Crippen LogP contribution < -0.4 is 5.32 Å². The molecular formula is C11H8N2O4. The number of aromatic nitrogens is 1. The number of fused-ring (bicyclic) bond motifs is 3. The number of phenolic OH excluding ortho intramolecular Hbond substituents is 2. The van der Waals surface area contributed by atoms with Crippen molar-refractivity contribution in [1.82, 2.24) is 9.88 Å². The van der Waals surface area contributed by atoms with Gasteiger partial charge in [0.05, 0.1) is 12.1 Å². The molecule has 17 heavy (non-hydrogen) atoms. The van der Waals surface area contributed by atoms with E-state index in [4.69, 9.17) is 0 Å². The molecule has 0 bridgehead atoms. The third kappa shape index (κ3) is 1.20. The number of carbonyl (C=O) groups excluding carboxylic acids is 2. The second-order valence-electron chi connectivity index (χ2n) is 3.84. The summed E-state index contributed by atoms with van der Waals surface area (Å²) in [6.07, 6.45) is 0. The van der Waals surface area contributed by atoms with Crippen LogP contribution in [0.25, 0.3) is 10.9 Å². The van der Waals surface area contributed by atoms with Crippen molar-refractivity contribution < 1.29 is 19.8 Å². The second kappa shape index (κ2) is 3.00. The van der Waals surface area contributed by atoms with Crippen LogP contribution in [0.4, 0.5) is 0 Å². The fourth-order valence-electron chi connectivity index (χ4n) is 2.03. The Kier molecular flexibility index (Phi) is 1.72. The van der Waals surface area contributed by atoms with Crippen molar-refractivity contribution >= 4 is 22.7 Å². The molecule has 1 amide bonds. The third-order valence-corrected chi connectivity index (χ3v) is 2.77. The first kappa shape index (κ1) is 9.71. The van der Waals surface area contributed by atoms with E-state index in [2.05, 4.69) is 5.32 Å². The summed E-state index contributed by atoms with van der Waals surface area (Å²) in [5, 5.41) is 21.8. The zero-order valence-electron chi connectivity index (χ0n) is 8.60. The molecule has 0 saturated carbocycles. The summed E-state index contributed by atoms with van der Waals surface area (Å²) >= 11 is 0. The molecule has 0 radical (unpaired) electrons. The molecule has 6 nitrogen and oxygen atoms in total. The molecule has 3 rings (SSSR count). The van der Waals surface area contributed by atoms with Crippen molar-refractivity contribution in [3.8, 4) is 11.5 Å². The number of carbonyl (C=O) groups is 2. The molecule has 6 heteroatoms. The Balaban J connectivity index is 2.46. The summed E-state index contributed by atoms with van der Waals surface area (Å²) in [7, 11) is 0. The monoisotopic (exact) mass is 232 g/mol. The van der Waals surface area contributed by atoms with Gasteiger partial charge in [-0.3, -0.25) is 14.2 Å². The van der Waals surface area contributed by atoms with E-state index in [0.717, 1.165) is 6.07 Å². The van der Waals surface area contributed by atoms with Crippen LogP contribution in [-0.2, 0) is 0 Å². The predicted octanol–water partition coefficient (Wildman–Crippen LogP) is 0.436. The second-order valence-corrected chi connectivity index (χ2v) is 3.84. The highest BCUT2D eigenvalue weighted by molar-refractivity contribution is 6.10. The van der Waals surface area contributed by atoms with Gasteiger partial charge in [0.25, 0.3) is 11.8 Å². The number of nitrogens with zero attached hydrogens (tertiary/aromatic N) is 1. The predicted molar refractivity (Wildman–Crippen MR) is 58.2 cm³/mol. The molecule has 2 aromatic rings. The summed E-state index contributed by atoms with van der Waals surface area (Å²) in [5.74, 6) is -1.00. The van der Waals surface area contributed by atoms with Gasteiger partial charge in [0.1, 0.15) is 17.2 Å². The Morgan fingerprint density at radius 3 is 2.71 bits per heavy atom. The van der Waals surface area contributed by atoms with Crippen molar-refractivity contribution in [3.05, 3.63) is 23.9 Å². The van der Waals surface area contributed by atoms with E-state index in [-0.39, 0.29) is 35.6 Å². The van der Waals surface area contributed by atoms with Crippen LogP contribution in [0.3, 0.4) is 0 Å². The summed E-state index contributed by atoms with van der Waals surface area (Å²) in [6.45, 7) is -0.0912. The maximum Gasteiger partial charge on any atom is 0.268 e. The number of hydrogen-bond acceptors (Lipinski definition) is 4. The van der Waals surface area contributed by atoms with E-state index < -0.39 is 0 Å². The average Bonchev–Trinajstić information content (AvgIpc) is 2.64. The molecule has 0 spiro atoms. The lowest BCUT2D eigenvalue weighted by Gasteiger charge is -2.14. The molecule has 1 aromatic heterocycles. The molecule has 1 aliphatic heterocycles.